The average Bonchev–Trinajstić information content (AvgIpc) is 2.47. The zero-order valence-electron chi connectivity index (χ0n) is 11.8. The molecule has 22 heavy (non-hydrogen) atoms. The number of benzene rings is 1. The lowest BCUT2D eigenvalue weighted by Crippen LogP contribution is -2.60. The number of aliphatic hydroxyl groups is 4. The number of hydrogen-bond donors (Lipinski definition) is 5. The zero-order valence-corrected chi connectivity index (χ0v) is 11.8. The number of ketones is 1. The number of Topliss-reactive ketones (excluding diaryl/α,β-unsaturated/α-hetero) is 1. The van der Waals surface area contributed by atoms with E-state index in [0.717, 1.165) is 0 Å². The fourth-order valence-electron chi connectivity index (χ4n) is 2.15. The molecular formula is C14H18O8. The van der Waals surface area contributed by atoms with Gasteiger partial charge in [-0.1, -0.05) is 0 Å². The maximum absolute atomic E-state index is 11.3. The number of carbonyl (C=O) groups is 1. The van der Waals surface area contributed by atoms with Gasteiger partial charge in [-0.05, 0) is 19.1 Å². The molecular weight excluding hydrogens is 296 g/mol. The number of phenolic OH excluding ortho intramolecular Hbond substituents is 1. The van der Waals surface area contributed by atoms with Gasteiger partial charge >= 0.3 is 0 Å². The van der Waals surface area contributed by atoms with Gasteiger partial charge in [0.1, 0.15) is 35.9 Å². The Labute approximate surface area is 126 Å². The van der Waals surface area contributed by atoms with Crippen molar-refractivity contribution >= 4 is 5.78 Å². The quantitative estimate of drug-likeness (QED) is 0.436. The third-order valence-corrected chi connectivity index (χ3v) is 3.40. The van der Waals surface area contributed by atoms with Crippen LogP contribution in [0.15, 0.2) is 18.2 Å². The maximum atomic E-state index is 11.3. The Bertz CT molecular complexity index is 544. The predicted octanol–water partition coefficient (Wildman–Crippen LogP) is -1.23. The molecule has 0 amide bonds. The minimum Gasteiger partial charge on any atom is -0.508 e. The molecule has 0 aromatic heterocycles. The van der Waals surface area contributed by atoms with Crippen molar-refractivity contribution in [3.63, 3.8) is 0 Å². The van der Waals surface area contributed by atoms with Crippen LogP contribution in [0.3, 0.4) is 0 Å². The molecule has 5 N–H and O–H groups in total. The average molecular weight is 314 g/mol. The third-order valence-electron chi connectivity index (χ3n) is 3.40. The van der Waals surface area contributed by atoms with Crippen LogP contribution in [0.2, 0.25) is 0 Å². The fraction of sp³-hybridized carbons (Fsp3) is 0.500. The van der Waals surface area contributed by atoms with Gasteiger partial charge in [-0.15, -0.1) is 0 Å². The van der Waals surface area contributed by atoms with Crippen molar-refractivity contribution in [2.45, 2.75) is 37.6 Å². The number of carbonyl (C=O) groups excluding carboxylic acids is 1. The van der Waals surface area contributed by atoms with E-state index in [2.05, 4.69) is 0 Å². The molecule has 1 aliphatic heterocycles. The van der Waals surface area contributed by atoms with E-state index in [1.54, 1.807) is 0 Å². The first-order valence-corrected chi connectivity index (χ1v) is 6.65. The molecule has 1 saturated heterocycles. The Morgan fingerprint density at radius 1 is 1.18 bits per heavy atom. The SMILES string of the molecule is CC(=O)c1cc(O)cc(O[C@@H]2O[C@H](CO)[C@@H](O)[C@H](O)[C@H]2O)c1. The van der Waals surface area contributed by atoms with Crippen molar-refractivity contribution in [3.8, 4) is 11.5 Å². The summed E-state index contributed by atoms with van der Waals surface area (Å²) in [6.07, 6.45) is -7.11. The van der Waals surface area contributed by atoms with Crippen molar-refractivity contribution in [1.82, 2.24) is 0 Å². The van der Waals surface area contributed by atoms with Gasteiger partial charge in [-0.2, -0.15) is 0 Å². The summed E-state index contributed by atoms with van der Waals surface area (Å²) in [5.74, 6) is -0.476. The molecule has 1 aromatic carbocycles. The van der Waals surface area contributed by atoms with Gasteiger partial charge in [0.15, 0.2) is 5.78 Å². The van der Waals surface area contributed by atoms with Crippen molar-refractivity contribution in [1.29, 1.82) is 0 Å². The van der Waals surface area contributed by atoms with E-state index in [9.17, 15) is 25.2 Å². The van der Waals surface area contributed by atoms with Crippen LogP contribution in [-0.4, -0.2) is 68.6 Å². The van der Waals surface area contributed by atoms with Gasteiger partial charge < -0.3 is 35.0 Å². The van der Waals surface area contributed by atoms with Crippen molar-refractivity contribution in [2.24, 2.45) is 0 Å². The number of rotatable bonds is 4. The molecule has 1 heterocycles. The smallest absolute Gasteiger partial charge is 0.229 e. The summed E-state index contributed by atoms with van der Waals surface area (Å²) in [4.78, 5) is 11.3. The largest absolute Gasteiger partial charge is 0.508 e. The van der Waals surface area contributed by atoms with Crippen LogP contribution in [0.25, 0.3) is 0 Å². The summed E-state index contributed by atoms with van der Waals surface area (Å²) >= 11 is 0. The Morgan fingerprint density at radius 2 is 1.86 bits per heavy atom. The van der Waals surface area contributed by atoms with Crippen LogP contribution < -0.4 is 4.74 Å². The Balaban J connectivity index is 2.20. The molecule has 8 nitrogen and oxygen atoms in total. The maximum Gasteiger partial charge on any atom is 0.229 e. The summed E-state index contributed by atoms with van der Waals surface area (Å²) in [5.41, 5.74) is 0.194. The van der Waals surface area contributed by atoms with Crippen LogP contribution in [0.1, 0.15) is 17.3 Å². The molecule has 1 aliphatic rings. The van der Waals surface area contributed by atoms with Gasteiger partial charge in [0.2, 0.25) is 6.29 Å². The lowest BCUT2D eigenvalue weighted by atomic mass is 9.99. The minimum atomic E-state index is -1.57. The number of aromatic hydroxyl groups is 1. The highest BCUT2D eigenvalue weighted by molar-refractivity contribution is 5.94. The van der Waals surface area contributed by atoms with Gasteiger partial charge in [-0.25, -0.2) is 0 Å². The summed E-state index contributed by atoms with van der Waals surface area (Å²) in [7, 11) is 0. The van der Waals surface area contributed by atoms with Gasteiger partial charge in [0.05, 0.1) is 6.61 Å². The Morgan fingerprint density at radius 3 is 2.45 bits per heavy atom. The standard InChI is InChI=1S/C14H18O8/c1-6(16)7-2-8(17)4-9(3-7)21-14-13(20)12(19)11(18)10(5-15)22-14/h2-4,10-15,17-20H,5H2,1H3/t10-,11-,12+,13-,14-/m1/s1. The van der Waals surface area contributed by atoms with E-state index in [0.29, 0.717) is 0 Å². The first-order chi connectivity index (χ1) is 10.3. The molecule has 0 radical (unpaired) electrons. The van der Waals surface area contributed by atoms with E-state index < -0.39 is 37.3 Å². The van der Waals surface area contributed by atoms with Gasteiger partial charge in [0.25, 0.3) is 0 Å². The second kappa shape index (κ2) is 6.59. The monoisotopic (exact) mass is 314 g/mol. The predicted molar refractivity (Wildman–Crippen MR) is 72.5 cm³/mol. The van der Waals surface area contributed by atoms with E-state index in [1.807, 2.05) is 0 Å². The highest BCUT2D eigenvalue weighted by atomic mass is 16.7. The highest BCUT2D eigenvalue weighted by Gasteiger charge is 2.44. The molecule has 122 valence electrons. The Hall–Kier alpha value is -1.71. The number of phenols is 1. The first kappa shape index (κ1) is 16.7. The Kier molecular flexibility index (Phi) is 4.99. The van der Waals surface area contributed by atoms with Crippen molar-refractivity contribution in [3.05, 3.63) is 23.8 Å². The van der Waals surface area contributed by atoms with E-state index in [4.69, 9.17) is 14.6 Å². The third kappa shape index (κ3) is 3.37. The van der Waals surface area contributed by atoms with Crippen molar-refractivity contribution in [2.75, 3.05) is 6.61 Å². The zero-order chi connectivity index (χ0) is 16.4. The van der Waals surface area contributed by atoms with Crippen LogP contribution in [0, 0.1) is 0 Å². The fourth-order valence-corrected chi connectivity index (χ4v) is 2.15. The van der Waals surface area contributed by atoms with E-state index in [-0.39, 0.29) is 22.8 Å². The first-order valence-electron chi connectivity index (χ1n) is 6.65. The van der Waals surface area contributed by atoms with Crippen LogP contribution in [0.5, 0.6) is 11.5 Å². The molecule has 0 unspecified atom stereocenters. The molecule has 0 saturated carbocycles. The second-order valence-electron chi connectivity index (χ2n) is 5.09. The van der Waals surface area contributed by atoms with Crippen LogP contribution in [-0.2, 0) is 4.74 Å². The summed E-state index contributed by atoms with van der Waals surface area (Å²) < 4.78 is 10.5. The normalized spacial score (nSPS) is 31.8. The number of hydrogen-bond acceptors (Lipinski definition) is 8. The minimum absolute atomic E-state index is 0.0366. The van der Waals surface area contributed by atoms with Crippen LogP contribution in [0.4, 0.5) is 0 Å². The van der Waals surface area contributed by atoms with E-state index in [1.165, 1.54) is 25.1 Å². The van der Waals surface area contributed by atoms with Crippen molar-refractivity contribution < 1.29 is 39.8 Å². The molecule has 0 spiro atoms. The topological polar surface area (TPSA) is 137 Å². The summed E-state index contributed by atoms with van der Waals surface area (Å²) in [6.45, 7) is 0.732. The number of aliphatic hydroxyl groups excluding tert-OH is 4. The van der Waals surface area contributed by atoms with Gasteiger partial charge in [0, 0.05) is 11.6 Å². The second-order valence-corrected chi connectivity index (χ2v) is 5.09. The molecule has 2 rings (SSSR count). The lowest BCUT2D eigenvalue weighted by molar-refractivity contribution is -0.277. The van der Waals surface area contributed by atoms with Gasteiger partial charge in [-0.3, -0.25) is 4.79 Å². The highest BCUT2D eigenvalue weighted by Crippen LogP contribution is 2.27. The molecule has 1 aromatic rings. The summed E-state index contributed by atoms with van der Waals surface area (Å²) in [5, 5.41) is 47.9. The van der Waals surface area contributed by atoms with E-state index >= 15 is 0 Å². The molecule has 5 atom stereocenters. The van der Waals surface area contributed by atoms with Crippen LogP contribution >= 0.6 is 0 Å². The number of ether oxygens (including phenoxy) is 2. The molecule has 1 fully saturated rings. The summed E-state index contributed by atoms with van der Waals surface area (Å²) in [6, 6.07) is 3.79. The molecule has 8 heteroatoms. The lowest BCUT2D eigenvalue weighted by Gasteiger charge is -2.39. The molecule has 0 bridgehead atoms. The molecule has 0 aliphatic carbocycles.